The van der Waals surface area contributed by atoms with Crippen LogP contribution in [-0.4, -0.2) is 24.7 Å². The van der Waals surface area contributed by atoms with Crippen molar-refractivity contribution in [2.45, 2.75) is 52.2 Å². The van der Waals surface area contributed by atoms with Crippen molar-refractivity contribution in [3.63, 3.8) is 0 Å². The molecule has 0 aliphatic carbocycles. The van der Waals surface area contributed by atoms with Crippen LogP contribution in [0.2, 0.25) is 0 Å². The quantitative estimate of drug-likeness (QED) is 0.733. The van der Waals surface area contributed by atoms with E-state index in [9.17, 15) is 13.2 Å². The summed E-state index contributed by atoms with van der Waals surface area (Å²) in [6.45, 7) is 8.51. The second kappa shape index (κ2) is 5.10. The van der Waals surface area contributed by atoms with Crippen LogP contribution in [0, 0.1) is 5.92 Å². The molecule has 0 aromatic carbocycles. The summed E-state index contributed by atoms with van der Waals surface area (Å²) >= 11 is 0. The van der Waals surface area contributed by atoms with Crippen LogP contribution in [0.5, 0.6) is 0 Å². The van der Waals surface area contributed by atoms with Crippen molar-refractivity contribution in [3.05, 3.63) is 0 Å². The second-order valence-electron chi connectivity index (χ2n) is 4.94. The highest BCUT2D eigenvalue weighted by molar-refractivity contribution is 7.92. The Morgan fingerprint density at radius 2 is 1.73 bits per heavy atom. The van der Waals surface area contributed by atoms with Crippen molar-refractivity contribution < 1.29 is 13.2 Å². The zero-order valence-electron chi connectivity index (χ0n) is 10.3. The largest absolute Gasteiger partial charge is 0.300 e. The fourth-order valence-electron chi connectivity index (χ4n) is 1.30. The molecule has 0 saturated carbocycles. The number of carbonyl (C=O) groups is 1. The van der Waals surface area contributed by atoms with Gasteiger partial charge >= 0.3 is 0 Å². The van der Waals surface area contributed by atoms with Gasteiger partial charge in [0.05, 0.1) is 10.5 Å². The Balaban J connectivity index is 4.46. The molecule has 0 rings (SSSR count). The molecule has 0 fully saturated rings. The van der Waals surface area contributed by atoms with Gasteiger partial charge in [0.25, 0.3) is 0 Å². The summed E-state index contributed by atoms with van der Waals surface area (Å²) in [5.74, 6) is 0.0814. The summed E-state index contributed by atoms with van der Waals surface area (Å²) in [7, 11) is -3.09. The Hall–Kier alpha value is -0.380. The fraction of sp³-hybridized carbons (Fsp3) is 0.909. The van der Waals surface area contributed by atoms with E-state index in [4.69, 9.17) is 0 Å². The minimum absolute atomic E-state index is 0.0848. The van der Waals surface area contributed by atoms with E-state index in [1.807, 2.05) is 6.92 Å². The van der Waals surface area contributed by atoms with Gasteiger partial charge in [0.1, 0.15) is 5.78 Å². The topological polar surface area (TPSA) is 51.2 Å². The molecule has 0 amide bonds. The monoisotopic (exact) mass is 234 g/mol. The van der Waals surface area contributed by atoms with Crippen LogP contribution < -0.4 is 0 Å². The van der Waals surface area contributed by atoms with Crippen LogP contribution >= 0.6 is 0 Å². The smallest absolute Gasteiger partial charge is 0.155 e. The molecule has 0 aliphatic heterocycles. The third-order valence-electron chi connectivity index (χ3n) is 2.74. The van der Waals surface area contributed by atoms with Gasteiger partial charge in [0.15, 0.2) is 9.84 Å². The Morgan fingerprint density at radius 1 is 1.27 bits per heavy atom. The Morgan fingerprint density at radius 3 is 2.00 bits per heavy atom. The Bertz CT molecular complexity index is 309. The molecule has 3 nitrogen and oxygen atoms in total. The number of ketones is 1. The summed E-state index contributed by atoms with van der Waals surface area (Å²) in [5.41, 5.74) is 0. The Kier molecular flexibility index (Phi) is 4.97. The molecule has 90 valence electrons. The van der Waals surface area contributed by atoms with Gasteiger partial charge in [-0.2, -0.15) is 0 Å². The Labute approximate surface area is 93.2 Å². The molecule has 1 atom stereocenters. The molecule has 0 bridgehead atoms. The lowest BCUT2D eigenvalue weighted by Crippen LogP contribution is -2.31. The lowest BCUT2D eigenvalue weighted by molar-refractivity contribution is -0.120. The first-order valence-electron chi connectivity index (χ1n) is 5.34. The van der Waals surface area contributed by atoms with Gasteiger partial charge in [0.2, 0.25) is 0 Å². The van der Waals surface area contributed by atoms with Crippen LogP contribution in [0.3, 0.4) is 0 Å². The van der Waals surface area contributed by atoms with Gasteiger partial charge in [-0.05, 0) is 40.5 Å². The van der Waals surface area contributed by atoms with Crippen LogP contribution in [0.4, 0.5) is 0 Å². The highest BCUT2D eigenvalue weighted by Crippen LogP contribution is 2.20. The van der Waals surface area contributed by atoms with E-state index in [2.05, 4.69) is 0 Å². The maximum atomic E-state index is 11.8. The van der Waals surface area contributed by atoms with Gasteiger partial charge < -0.3 is 0 Å². The van der Waals surface area contributed by atoms with Gasteiger partial charge in [0, 0.05) is 5.92 Å². The van der Waals surface area contributed by atoms with Crippen LogP contribution in [-0.2, 0) is 14.6 Å². The standard InChI is InChI=1S/C11H22O3S/c1-6-10(9(2)12)7-8-15(13,14)11(3,4)5/h10H,6-8H2,1-5H3. The van der Waals surface area contributed by atoms with Crippen LogP contribution in [0.25, 0.3) is 0 Å². The van der Waals surface area contributed by atoms with E-state index in [-0.39, 0.29) is 17.5 Å². The lowest BCUT2D eigenvalue weighted by atomic mass is 10.00. The molecule has 0 saturated heterocycles. The molecule has 15 heavy (non-hydrogen) atoms. The first kappa shape index (κ1) is 14.6. The van der Waals surface area contributed by atoms with Gasteiger partial charge in [-0.3, -0.25) is 4.79 Å². The number of sulfone groups is 1. The molecule has 0 radical (unpaired) electrons. The van der Waals surface area contributed by atoms with E-state index in [1.54, 1.807) is 20.8 Å². The summed E-state index contributed by atoms with van der Waals surface area (Å²) in [6, 6.07) is 0. The number of rotatable bonds is 5. The minimum atomic E-state index is -3.09. The second-order valence-corrected chi connectivity index (χ2v) is 7.80. The normalized spacial score (nSPS) is 15.0. The predicted octanol–water partition coefficient (Wildman–Crippen LogP) is 2.21. The van der Waals surface area contributed by atoms with Gasteiger partial charge in [-0.15, -0.1) is 0 Å². The molecule has 0 heterocycles. The van der Waals surface area contributed by atoms with Crippen molar-refractivity contribution in [1.82, 2.24) is 0 Å². The molecular formula is C11H22O3S. The van der Waals surface area contributed by atoms with E-state index >= 15 is 0 Å². The number of hydrogen-bond donors (Lipinski definition) is 0. The minimum Gasteiger partial charge on any atom is -0.300 e. The number of hydrogen-bond acceptors (Lipinski definition) is 3. The zero-order chi connectivity index (χ0) is 12.3. The van der Waals surface area contributed by atoms with Crippen molar-refractivity contribution in [3.8, 4) is 0 Å². The van der Waals surface area contributed by atoms with Crippen LogP contribution in [0.15, 0.2) is 0 Å². The predicted molar refractivity (Wildman–Crippen MR) is 62.6 cm³/mol. The van der Waals surface area contributed by atoms with Crippen LogP contribution in [0.1, 0.15) is 47.5 Å². The third kappa shape index (κ3) is 4.33. The maximum Gasteiger partial charge on any atom is 0.155 e. The number of carbonyl (C=O) groups excluding carboxylic acids is 1. The van der Waals surface area contributed by atoms with E-state index in [0.717, 1.165) is 6.42 Å². The molecule has 0 N–H and O–H groups in total. The summed E-state index contributed by atoms with van der Waals surface area (Å²) in [5, 5.41) is 0. The first-order chi connectivity index (χ1) is 6.62. The van der Waals surface area contributed by atoms with E-state index in [0.29, 0.717) is 6.42 Å². The summed E-state index contributed by atoms with van der Waals surface area (Å²) < 4.78 is 22.8. The van der Waals surface area contributed by atoms with E-state index < -0.39 is 14.6 Å². The number of Topliss-reactive ketones (excluding diaryl/α,β-unsaturated/α-hetero) is 1. The summed E-state index contributed by atoms with van der Waals surface area (Å²) in [4.78, 5) is 11.1. The first-order valence-corrected chi connectivity index (χ1v) is 6.99. The molecule has 0 aromatic rings. The zero-order valence-corrected chi connectivity index (χ0v) is 11.1. The molecule has 1 unspecified atom stereocenters. The SMILES string of the molecule is CCC(CCS(=O)(=O)C(C)(C)C)C(C)=O. The lowest BCUT2D eigenvalue weighted by Gasteiger charge is -2.20. The van der Waals surface area contributed by atoms with Crippen molar-refractivity contribution in [2.75, 3.05) is 5.75 Å². The highest BCUT2D eigenvalue weighted by atomic mass is 32.2. The van der Waals surface area contributed by atoms with Gasteiger partial charge in [-0.25, -0.2) is 8.42 Å². The third-order valence-corrected chi connectivity index (χ3v) is 5.37. The average molecular weight is 234 g/mol. The highest BCUT2D eigenvalue weighted by Gasteiger charge is 2.29. The van der Waals surface area contributed by atoms with E-state index in [1.165, 1.54) is 6.92 Å². The molecule has 0 aliphatic rings. The molecule has 4 heteroatoms. The average Bonchev–Trinajstić information content (AvgIpc) is 2.02. The fourth-order valence-corrected chi connectivity index (χ4v) is 2.51. The molecular weight excluding hydrogens is 212 g/mol. The van der Waals surface area contributed by atoms with Gasteiger partial charge in [-0.1, -0.05) is 6.92 Å². The van der Waals surface area contributed by atoms with Crippen molar-refractivity contribution in [1.29, 1.82) is 0 Å². The maximum absolute atomic E-state index is 11.8. The van der Waals surface area contributed by atoms with Crippen molar-refractivity contribution in [2.24, 2.45) is 5.92 Å². The van der Waals surface area contributed by atoms with Crippen molar-refractivity contribution >= 4 is 15.6 Å². The molecule has 0 spiro atoms. The summed E-state index contributed by atoms with van der Waals surface area (Å²) in [6.07, 6.45) is 1.17. The molecule has 0 aromatic heterocycles.